The number of piperidine rings is 1. The van der Waals surface area contributed by atoms with Crippen molar-refractivity contribution in [1.82, 2.24) is 4.90 Å². The first-order valence-corrected chi connectivity index (χ1v) is 7.25. The Balaban J connectivity index is 1.79. The van der Waals surface area contributed by atoms with Crippen LogP contribution in [-0.4, -0.2) is 43.8 Å². The third-order valence-electron chi connectivity index (χ3n) is 5.16. The summed E-state index contributed by atoms with van der Waals surface area (Å²) in [6, 6.07) is 0.263. The minimum atomic E-state index is 0.263. The Morgan fingerprint density at radius 1 is 1.18 bits per heavy atom. The van der Waals surface area contributed by atoms with Crippen LogP contribution in [-0.2, 0) is 4.74 Å². The maximum atomic E-state index is 6.05. The summed E-state index contributed by atoms with van der Waals surface area (Å²) >= 11 is 0. The zero-order valence-electron chi connectivity index (χ0n) is 11.5. The molecule has 0 aromatic carbocycles. The number of hydrogen-bond acceptors (Lipinski definition) is 3. The van der Waals surface area contributed by atoms with Crippen molar-refractivity contribution in [3.63, 3.8) is 0 Å². The number of nitrogens with two attached hydrogens (primary N) is 1. The molecule has 2 atom stereocenters. The standard InChI is InChI=1S/C14H28N2O/c1-3-14(4-2)5-7-16(8-6-14)9-12-10-17-11-13(12)15/h12-13H,3-11,15H2,1-2H3. The van der Waals surface area contributed by atoms with Gasteiger partial charge in [-0.3, -0.25) is 0 Å². The fourth-order valence-corrected chi connectivity index (χ4v) is 3.30. The van der Waals surface area contributed by atoms with Crippen LogP contribution in [0.4, 0.5) is 0 Å². The normalized spacial score (nSPS) is 34.1. The fourth-order valence-electron chi connectivity index (χ4n) is 3.30. The van der Waals surface area contributed by atoms with E-state index in [4.69, 9.17) is 10.5 Å². The second kappa shape index (κ2) is 5.68. The second-order valence-electron chi connectivity index (χ2n) is 5.97. The first kappa shape index (κ1) is 13.3. The Morgan fingerprint density at radius 2 is 1.82 bits per heavy atom. The zero-order chi connectivity index (χ0) is 12.3. The van der Waals surface area contributed by atoms with E-state index >= 15 is 0 Å². The molecule has 3 nitrogen and oxygen atoms in total. The van der Waals surface area contributed by atoms with Crippen molar-refractivity contribution in [3.8, 4) is 0 Å². The molecule has 2 saturated heterocycles. The molecule has 0 aromatic rings. The van der Waals surface area contributed by atoms with Gasteiger partial charge in [-0.15, -0.1) is 0 Å². The number of hydrogen-bond donors (Lipinski definition) is 1. The molecule has 0 radical (unpaired) electrons. The molecule has 0 spiro atoms. The average molecular weight is 240 g/mol. The quantitative estimate of drug-likeness (QED) is 0.815. The van der Waals surface area contributed by atoms with Crippen LogP contribution in [0, 0.1) is 11.3 Å². The van der Waals surface area contributed by atoms with Crippen LogP contribution in [0.1, 0.15) is 39.5 Å². The van der Waals surface area contributed by atoms with Gasteiger partial charge in [-0.05, 0) is 31.3 Å². The Labute approximate surface area is 106 Å². The van der Waals surface area contributed by atoms with Gasteiger partial charge in [0.15, 0.2) is 0 Å². The predicted molar refractivity (Wildman–Crippen MR) is 71.0 cm³/mol. The molecular weight excluding hydrogens is 212 g/mol. The summed E-state index contributed by atoms with van der Waals surface area (Å²) in [5, 5.41) is 0. The number of ether oxygens (including phenoxy) is 1. The number of rotatable bonds is 4. The highest BCUT2D eigenvalue weighted by Gasteiger charge is 2.33. The first-order valence-electron chi connectivity index (χ1n) is 7.25. The molecular formula is C14H28N2O. The van der Waals surface area contributed by atoms with E-state index < -0.39 is 0 Å². The lowest BCUT2D eigenvalue weighted by atomic mass is 9.74. The molecule has 0 amide bonds. The maximum absolute atomic E-state index is 6.05. The van der Waals surface area contributed by atoms with Crippen LogP contribution in [0.5, 0.6) is 0 Å². The third-order valence-corrected chi connectivity index (χ3v) is 5.16. The molecule has 3 heteroatoms. The minimum absolute atomic E-state index is 0.263. The Kier molecular flexibility index (Phi) is 4.45. The van der Waals surface area contributed by atoms with Gasteiger partial charge in [-0.25, -0.2) is 0 Å². The topological polar surface area (TPSA) is 38.5 Å². The largest absolute Gasteiger partial charge is 0.379 e. The molecule has 2 rings (SSSR count). The lowest BCUT2D eigenvalue weighted by Crippen LogP contribution is -2.44. The summed E-state index contributed by atoms with van der Waals surface area (Å²) in [7, 11) is 0. The van der Waals surface area contributed by atoms with Crippen molar-refractivity contribution in [2.75, 3.05) is 32.8 Å². The number of likely N-dealkylation sites (tertiary alicyclic amines) is 1. The summed E-state index contributed by atoms with van der Waals surface area (Å²) < 4.78 is 5.44. The van der Waals surface area contributed by atoms with Crippen molar-refractivity contribution in [3.05, 3.63) is 0 Å². The molecule has 0 aliphatic carbocycles. The van der Waals surface area contributed by atoms with Crippen molar-refractivity contribution in [1.29, 1.82) is 0 Å². The molecule has 2 aliphatic rings. The second-order valence-corrected chi connectivity index (χ2v) is 5.97. The van der Waals surface area contributed by atoms with Gasteiger partial charge in [-0.2, -0.15) is 0 Å². The monoisotopic (exact) mass is 240 g/mol. The predicted octanol–water partition coefficient (Wildman–Crippen LogP) is 1.86. The van der Waals surface area contributed by atoms with Crippen LogP contribution in [0.3, 0.4) is 0 Å². The molecule has 2 unspecified atom stereocenters. The van der Waals surface area contributed by atoms with Gasteiger partial charge >= 0.3 is 0 Å². The summed E-state index contributed by atoms with van der Waals surface area (Å²) in [6.07, 6.45) is 5.40. The summed E-state index contributed by atoms with van der Waals surface area (Å²) in [4.78, 5) is 2.60. The molecule has 2 N–H and O–H groups in total. The Morgan fingerprint density at radius 3 is 2.29 bits per heavy atom. The Hall–Kier alpha value is -0.120. The van der Waals surface area contributed by atoms with E-state index in [-0.39, 0.29) is 6.04 Å². The lowest BCUT2D eigenvalue weighted by Gasteiger charge is -2.41. The molecule has 2 fully saturated rings. The van der Waals surface area contributed by atoms with Gasteiger partial charge in [0.05, 0.1) is 13.2 Å². The van der Waals surface area contributed by atoms with Gasteiger partial charge in [0.1, 0.15) is 0 Å². The van der Waals surface area contributed by atoms with E-state index in [1.165, 1.54) is 38.8 Å². The minimum Gasteiger partial charge on any atom is -0.379 e. The molecule has 2 heterocycles. The maximum Gasteiger partial charge on any atom is 0.0621 e. The first-order chi connectivity index (χ1) is 8.19. The molecule has 0 aromatic heterocycles. The van der Waals surface area contributed by atoms with Gasteiger partial charge < -0.3 is 15.4 Å². The summed E-state index contributed by atoms with van der Waals surface area (Å²) in [6.45, 7) is 9.97. The third kappa shape index (κ3) is 3.01. The Bertz CT molecular complexity index is 230. The van der Waals surface area contributed by atoms with Crippen molar-refractivity contribution in [2.45, 2.75) is 45.6 Å². The van der Waals surface area contributed by atoms with Crippen molar-refractivity contribution in [2.24, 2.45) is 17.1 Å². The van der Waals surface area contributed by atoms with Crippen molar-refractivity contribution >= 4 is 0 Å². The molecule has 0 bridgehead atoms. The van der Waals surface area contributed by atoms with Crippen LogP contribution in [0.15, 0.2) is 0 Å². The van der Waals surface area contributed by atoms with Gasteiger partial charge in [0.25, 0.3) is 0 Å². The van der Waals surface area contributed by atoms with Crippen LogP contribution >= 0.6 is 0 Å². The van der Waals surface area contributed by atoms with E-state index in [0.29, 0.717) is 11.3 Å². The van der Waals surface area contributed by atoms with Crippen molar-refractivity contribution < 1.29 is 4.74 Å². The van der Waals surface area contributed by atoms with Gasteiger partial charge in [-0.1, -0.05) is 26.7 Å². The molecule has 2 aliphatic heterocycles. The van der Waals surface area contributed by atoms with Gasteiger partial charge in [0.2, 0.25) is 0 Å². The highest BCUT2D eigenvalue weighted by molar-refractivity contribution is 4.87. The van der Waals surface area contributed by atoms with Gasteiger partial charge in [0, 0.05) is 18.5 Å². The van der Waals surface area contributed by atoms with E-state index in [2.05, 4.69) is 18.7 Å². The SMILES string of the molecule is CCC1(CC)CCN(CC2COCC2N)CC1. The van der Waals surface area contributed by atoms with E-state index in [1.807, 2.05) is 0 Å². The van der Waals surface area contributed by atoms with E-state index in [1.54, 1.807) is 0 Å². The number of nitrogens with zero attached hydrogens (tertiary/aromatic N) is 1. The summed E-state index contributed by atoms with van der Waals surface area (Å²) in [5.74, 6) is 0.561. The summed E-state index contributed by atoms with van der Waals surface area (Å²) in [5.41, 5.74) is 6.68. The average Bonchev–Trinajstić information content (AvgIpc) is 2.77. The van der Waals surface area contributed by atoms with Crippen LogP contribution < -0.4 is 5.73 Å². The highest BCUT2D eigenvalue weighted by atomic mass is 16.5. The highest BCUT2D eigenvalue weighted by Crippen LogP contribution is 2.38. The van der Waals surface area contributed by atoms with E-state index in [9.17, 15) is 0 Å². The van der Waals surface area contributed by atoms with Crippen LogP contribution in [0.2, 0.25) is 0 Å². The molecule has 100 valence electrons. The smallest absolute Gasteiger partial charge is 0.0621 e. The van der Waals surface area contributed by atoms with E-state index in [0.717, 1.165) is 19.8 Å². The zero-order valence-corrected chi connectivity index (χ0v) is 11.5. The van der Waals surface area contributed by atoms with Crippen LogP contribution in [0.25, 0.3) is 0 Å². The molecule has 17 heavy (non-hydrogen) atoms. The fraction of sp³-hybridized carbons (Fsp3) is 1.00. The lowest BCUT2D eigenvalue weighted by molar-refractivity contribution is 0.0803. The molecule has 0 saturated carbocycles.